The molecule has 40 heavy (non-hydrogen) atoms. The smallest absolute Gasteiger partial charge is 0.307 e. The highest BCUT2D eigenvalue weighted by molar-refractivity contribution is 6.02. The van der Waals surface area contributed by atoms with Crippen LogP contribution in [-0.2, 0) is 14.3 Å². The van der Waals surface area contributed by atoms with E-state index in [1.807, 2.05) is 44.2 Å². The number of guanidine groups is 1. The summed E-state index contributed by atoms with van der Waals surface area (Å²) >= 11 is 0. The topological polar surface area (TPSA) is 119 Å². The fourth-order valence-electron chi connectivity index (χ4n) is 4.43. The number of hydrogen-bond acceptors (Lipinski definition) is 9. The predicted octanol–water partition coefficient (Wildman–Crippen LogP) is 3.61. The third-order valence-electron chi connectivity index (χ3n) is 6.65. The molecule has 0 unspecified atom stereocenters. The molecule has 0 aliphatic carbocycles. The molecule has 0 atom stereocenters. The highest BCUT2D eigenvalue weighted by atomic mass is 16.5. The van der Waals surface area contributed by atoms with Crippen LogP contribution in [0.2, 0.25) is 0 Å². The summed E-state index contributed by atoms with van der Waals surface area (Å²) in [7, 11) is 2.98. The van der Waals surface area contributed by atoms with Crippen molar-refractivity contribution in [2.75, 3.05) is 65.5 Å². The van der Waals surface area contributed by atoms with E-state index in [-0.39, 0.29) is 12.4 Å². The molecule has 2 heterocycles. The molecule has 0 spiro atoms. The Bertz CT molecular complexity index is 1310. The Hall–Kier alpha value is -3.96. The molecule has 4 rings (SSSR count). The van der Waals surface area contributed by atoms with Gasteiger partial charge in [0, 0.05) is 37.6 Å². The number of para-hydroxylation sites is 1. The lowest BCUT2D eigenvalue weighted by Crippen LogP contribution is -2.37. The second kappa shape index (κ2) is 14.4. The summed E-state index contributed by atoms with van der Waals surface area (Å²) in [5, 5.41) is 7.25. The molecule has 1 aliphatic heterocycles. The van der Waals surface area contributed by atoms with E-state index in [1.54, 1.807) is 7.11 Å². The number of rotatable bonds is 11. The van der Waals surface area contributed by atoms with Gasteiger partial charge in [0.05, 0.1) is 51.7 Å². The van der Waals surface area contributed by atoms with E-state index < -0.39 is 0 Å². The van der Waals surface area contributed by atoms with E-state index in [1.165, 1.54) is 13.4 Å². The summed E-state index contributed by atoms with van der Waals surface area (Å²) in [4.78, 5) is 27.9. The van der Waals surface area contributed by atoms with Gasteiger partial charge in [-0.25, -0.2) is 15.0 Å². The Kier molecular flexibility index (Phi) is 10.5. The maximum absolute atomic E-state index is 11.7. The maximum Gasteiger partial charge on any atom is 0.307 e. The monoisotopic (exact) mass is 550 g/mol. The number of fused-ring (bicyclic) bond motifs is 1. The van der Waals surface area contributed by atoms with Gasteiger partial charge in [-0.3, -0.25) is 9.69 Å². The number of benzene rings is 2. The van der Waals surface area contributed by atoms with Crippen LogP contribution in [0.3, 0.4) is 0 Å². The van der Waals surface area contributed by atoms with E-state index >= 15 is 0 Å². The number of ether oxygens (including phenoxy) is 4. The van der Waals surface area contributed by atoms with Crippen LogP contribution in [0, 0.1) is 13.8 Å². The molecule has 2 aromatic carbocycles. The first-order chi connectivity index (χ1) is 19.5. The molecule has 2 N–H and O–H groups in total. The lowest BCUT2D eigenvalue weighted by molar-refractivity contribution is -0.140. The van der Waals surface area contributed by atoms with Gasteiger partial charge in [-0.1, -0.05) is 18.2 Å². The number of methoxy groups -OCH3 is 2. The van der Waals surface area contributed by atoms with Crippen molar-refractivity contribution in [2.45, 2.75) is 26.7 Å². The maximum atomic E-state index is 11.7. The molecule has 214 valence electrons. The standard InChI is InChI=1S/C29H38N6O5/c1-20-7-5-8-21(2)27(20)33-29(30-10-9-26(36)38-4)34-28-22-17-24(37-3)25(18-23(22)31-19-32-28)40-14-6-11-35-12-15-39-16-13-35/h5,7-8,17-19H,6,9-16H2,1-4H3,(H2,30,31,32,33,34). The number of carbonyl (C=O) groups is 1. The van der Waals surface area contributed by atoms with Gasteiger partial charge in [-0.2, -0.15) is 0 Å². The highest BCUT2D eigenvalue weighted by Crippen LogP contribution is 2.34. The molecule has 11 heteroatoms. The Labute approximate surface area is 234 Å². The van der Waals surface area contributed by atoms with Gasteiger partial charge in [0.2, 0.25) is 5.96 Å². The van der Waals surface area contributed by atoms with E-state index in [9.17, 15) is 4.79 Å². The minimum Gasteiger partial charge on any atom is -0.493 e. The van der Waals surface area contributed by atoms with Gasteiger partial charge >= 0.3 is 5.97 Å². The zero-order valence-electron chi connectivity index (χ0n) is 23.7. The number of morpholine rings is 1. The third kappa shape index (κ3) is 7.80. The number of esters is 1. The fourth-order valence-corrected chi connectivity index (χ4v) is 4.43. The van der Waals surface area contributed by atoms with Crippen molar-refractivity contribution >= 4 is 34.3 Å². The number of aryl methyl sites for hydroxylation is 2. The van der Waals surface area contributed by atoms with Crippen LogP contribution < -0.4 is 20.1 Å². The second-order valence-corrected chi connectivity index (χ2v) is 9.48. The van der Waals surface area contributed by atoms with Crippen molar-refractivity contribution in [3.8, 4) is 11.5 Å². The average Bonchev–Trinajstić information content (AvgIpc) is 2.97. The Morgan fingerprint density at radius 3 is 2.60 bits per heavy atom. The Morgan fingerprint density at radius 2 is 1.88 bits per heavy atom. The van der Waals surface area contributed by atoms with Crippen LogP contribution >= 0.6 is 0 Å². The summed E-state index contributed by atoms with van der Waals surface area (Å²) in [5.74, 6) is 1.89. The summed E-state index contributed by atoms with van der Waals surface area (Å²) in [6.07, 6.45) is 2.58. The van der Waals surface area contributed by atoms with Gasteiger partial charge in [-0.05, 0) is 37.5 Å². The number of anilines is 1. The second-order valence-electron chi connectivity index (χ2n) is 9.48. The van der Waals surface area contributed by atoms with Crippen LogP contribution in [0.1, 0.15) is 24.0 Å². The van der Waals surface area contributed by atoms with Crippen molar-refractivity contribution in [1.82, 2.24) is 20.2 Å². The molecule has 0 amide bonds. The summed E-state index contributed by atoms with van der Waals surface area (Å²) < 4.78 is 21.9. The Morgan fingerprint density at radius 1 is 1.10 bits per heavy atom. The highest BCUT2D eigenvalue weighted by Gasteiger charge is 2.15. The number of hydrogen-bond donors (Lipinski definition) is 2. The first kappa shape index (κ1) is 29.0. The van der Waals surface area contributed by atoms with Crippen molar-refractivity contribution in [2.24, 2.45) is 4.99 Å². The number of nitrogens with one attached hydrogen (secondary N) is 2. The molecule has 1 aromatic heterocycles. The number of nitrogens with zero attached hydrogens (tertiary/aromatic N) is 4. The van der Waals surface area contributed by atoms with Gasteiger partial charge in [0.1, 0.15) is 12.1 Å². The predicted molar refractivity (Wildman–Crippen MR) is 155 cm³/mol. The first-order valence-corrected chi connectivity index (χ1v) is 13.5. The lowest BCUT2D eigenvalue weighted by atomic mass is 10.1. The molecule has 0 saturated carbocycles. The molecule has 1 fully saturated rings. The minimum atomic E-state index is -0.311. The average molecular weight is 551 g/mol. The van der Waals surface area contributed by atoms with Gasteiger partial charge < -0.3 is 29.6 Å². The van der Waals surface area contributed by atoms with Gasteiger partial charge in [-0.15, -0.1) is 0 Å². The van der Waals surface area contributed by atoms with E-state index in [0.717, 1.165) is 61.5 Å². The molecular formula is C29H38N6O5. The van der Waals surface area contributed by atoms with E-state index in [0.29, 0.717) is 41.9 Å². The van der Waals surface area contributed by atoms with Crippen LogP contribution in [-0.4, -0.2) is 87.0 Å². The van der Waals surface area contributed by atoms with Crippen molar-refractivity contribution in [1.29, 1.82) is 0 Å². The van der Waals surface area contributed by atoms with Crippen LogP contribution in [0.5, 0.6) is 11.5 Å². The van der Waals surface area contributed by atoms with Crippen LogP contribution in [0.25, 0.3) is 10.9 Å². The third-order valence-corrected chi connectivity index (χ3v) is 6.65. The summed E-state index contributed by atoms with van der Waals surface area (Å²) in [6, 6.07) is 9.73. The number of carbonyl (C=O) groups excluding carboxylic acids is 1. The zero-order chi connectivity index (χ0) is 28.3. The van der Waals surface area contributed by atoms with Crippen molar-refractivity contribution < 1.29 is 23.7 Å². The molecule has 11 nitrogen and oxygen atoms in total. The normalized spacial score (nSPS) is 14.2. The van der Waals surface area contributed by atoms with Crippen molar-refractivity contribution in [3.63, 3.8) is 0 Å². The molecular weight excluding hydrogens is 512 g/mol. The minimum absolute atomic E-state index is 0.189. The molecule has 1 aliphatic rings. The zero-order valence-corrected chi connectivity index (χ0v) is 23.7. The summed E-state index contributed by atoms with van der Waals surface area (Å²) in [5.41, 5.74) is 3.58. The molecule has 1 saturated heterocycles. The number of aromatic nitrogens is 2. The molecule has 0 bridgehead atoms. The summed E-state index contributed by atoms with van der Waals surface area (Å²) in [6.45, 7) is 9.35. The molecule has 0 radical (unpaired) electrons. The lowest BCUT2D eigenvalue weighted by Gasteiger charge is -2.26. The van der Waals surface area contributed by atoms with E-state index in [2.05, 4.69) is 25.5 Å². The largest absolute Gasteiger partial charge is 0.493 e. The quantitative estimate of drug-likeness (QED) is 0.159. The van der Waals surface area contributed by atoms with Crippen molar-refractivity contribution in [3.05, 3.63) is 47.8 Å². The fraction of sp³-hybridized carbons (Fsp3) is 0.448. The van der Waals surface area contributed by atoms with Gasteiger partial charge in [0.25, 0.3) is 0 Å². The SMILES string of the molecule is COC(=O)CCNC(=Nc1c(C)cccc1C)Nc1ncnc2cc(OCCCN3CCOCC3)c(OC)cc12. The van der Waals surface area contributed by atoms with Crippen LogP contribution in [0.4, 0.5) is 11.5 Å². The van der Waals surface area contributed by atoms with Gasteiger partial charge in [0.15, 0.2) is 11.5 Å². The van der Waals surface area contributed by atoms with E-state index in [4.69, 9.17) is 23.9 Å². The number of aliphatic imine (C=N–C) groups is 1. The Balaban J connectivity index is 1.54. The van der Waals surface area contributed by atoms with Crippen LogP contribution in [0.15, 0.2) is 41.7 Å². The molecule has 3 aromatic rings. The first-order valence-electron chi connectivity index (χ1n) is 13.5.